The van der Waals surface area contributed by atoms with E-state index in [-0.39, 0.29) is 0 Å². The molecule has 2 fully saturated rings. The van der Waals surface area contributed by atoms with Crippen molar-refractivity contribution in [3.63, 3.8) is 0 Å². The van der Waals surface area contributed by atoms with Crippen LogP contribution in [0.3, 0.4) is 0 Å². The van der Waals surface area contributed by atoms with Crippen molar-refractivity contribution in [2.45, 2.75) is 31.8 Å². The quantitative estimate of drug-likeness (QED) is 0.777. The Bertz CT molecular complexity index is 429. The highest BCUT2D eigenvalue weighted by Gasteiger charge is 2.35. The molecule has 2 aliphatic heterocycles. The van der Waals surface area contributed by atoms with E-state index in [1.807, 2.05) is 18.2 Å². The Kier molecular flexibility index (Phi) is 3.44. The molecule has 18 heavy (non-hydrogen) atoms. The lowest BCUT2D eigenvalue weighted by molar-refractivity contribution is 0.203. The number of rotatable bonds is 1. The van der Waals surface area contributed by atoms with Crippen LogP contribution < -0.4 is 4.90 Å². The maximum absolute atomic E-state index is 6.33. The predicted octanol–water partition coefficient (Wildman–Crippen LogP) is 3.67. The lowest BCUT2D eigenvalue weighted by atomic mass is 10.1. The zero-order valence-electron chi connectivity index (χ0n) is 10.6. The molecule has 2 heterocycles. The highest BCUT2D eigenvalue weighted by Crippen LogP contribution is 2.37. The van der Waals surface area contributed by atoms with Crippen LogP contribution >= 0.6 is 23.2 Å². The first kappa shape index (κ1) is 12.6. The molecule has 2 aliphatic rings. The van der Waals surface area contributed by atoms with E-state index >= 15 is 0 Å². The molecule has 0 spiro atoms. The summed E-state index contributed by atoms with van der Waals surface area (Å²) in [5.41, 5.74) is 1.01. The van der Waals surface area contributed by atoms with E-state index in [1.54, 1.807) is 0 Å². The monoisotopic (exact) mass is 284 g/mol. The lowest BCUT2D eigenvalue weighted by Gasteiger charge is -2.44. The minimum Gasteiger partial charge on any atom is -0.364 e. The molecule has 2 saturated heterocycles. The van der Waals surface area contributed by atoms with Crippen molar-refractivity contribution in [2.75, 3.05) is 24.5 Å². The highest BCUT2D eigenvalue weighted by atomic mass is 35.5. The molecule has 2 nitrogen and oxygen atoms in total. The second kappa shape index (κ2) is 4.92. The van der Waals surface area contributed by atoms with Crippen LogP contribution in [-0.4, -0.2) is 36.6 Å². The first-order chi connectivity index (χ1) is 8.66. The summed E-state index contributed by atoms with van der Waals surface area (Å²) in [6.07, 6.45) is 2.62. The zero-order chi connectivity index (χ0) is 12.7. The number of piperazine rings is 1. The van der Waals surface area contributed by atoms with E-state index in [9.17, 15) is 0 Å². The number of anilines is 1. The molecule has 2 unspecified atom stereocenters. The normalized spacial score (nSPS) is 28.5. The first-order valence-electron chi connectivity index (χ1n) is 6.61. The Labute approximate surface area is 118 Å². The van der Waals surface area contributed by atoms with Gasteiger partial charge >= 0.3 is 0 Å². The van der Waals surface area contributed by atoms with Gasteiger partial charge in [-0.05, 0) is 38.4 Å². The van der Waals surface area contributed by atoms with Crippen molar-refractivity contribution in [1.82, 2.24) is 4.90 Å². The molecule has 0 aliphatic carbocycles. The standard InChI is InChI=1S/C14H18Cl2N2/c1-10-8-17-7-3-4-11(17)9-18(10)14-12(15)5-2-6-13(14)16/h2,5-6,10-11H,3-4,7-9H2,1H3. The molecule has 1 aromatic carbocycles. The van der Waals surface area contributed by atoms with Crippen molar-refractivity contribution in [3.05, 3.63) is 28.2 Å². The summed E-state index contributed by atoms with van der Waals surface area (Å²) in [6, 6.07) is 6.91. The van der Waals surface area contributed by atoms with Crippen LogP contribution in [0, 0.1) is 0 Å². The number of fused-ring (bicyclic) bond motifs is 1. The summed E-state index contributed by atoms with van der Waals surface area (Å²) in [6.45, 7) is 5.67. The van der Waals surface area contributed by atoms with Crippen LogP contribution in [0.15, 0.2) is 18.2 Å². The Morgan fingerprint density at radius 3 is 2.61 bits per heavy atom. The van der Waals surface area contributed by atoms with Gasteiger partial charge in [0.25, 0.3) is 0 Å². The smallest absolute Gasteiger partial charge is 0.0748 e. The second-order valence-electron chi connectivity index (χ2n) is 5.36. The topological polar surface area (TPSA) is 6.48 Å². The van der Waals surface area contributed by atoms with E-state index < -0.39 is 0 Å². The van der Waals surface area contributed by atoms with E-state index in [2.05, 4.69) is 16.7 Å². The molecule has 4 heteroatoms. The molecule has 0 bridgehead atoms. The predicted molar refractivity (Wildman–Crippen MR) is 77.9 cm³/mol. The van der Waals surface area contributed by atoms with Gasteiger partial charge in [-0.2, -0.15) is 0 Å². The molecule has 0 saturated carbocycles. The summed E-state index contributed by atoms with van der Waals surface area (Å²) in [4.78, 5) is 4.99. The number of halogens is 2. The van der Waals surface area contributed by atoms with Crippen LogP contribution in [0.5, 0.6) is 0 Å². The van der Waals surface area contributed by atoms with E-state index in [1.165, 1.54) is 19.4 Å². The summed E-state index contributed by atoms with van der Waals surface area (Å²) in [5, 5.41) is 1.53. The van der Waals surface area contributed by atoms with E-state index in [4.69, 9.17) is 23.2 Å². The highest BCUT2D eigenvalue weighted by molar-refractivity contribution is 6.39. The Morgan fingerprint density at radius 1 is 1.17 bits per heavy atom. The van der Waals surface area contributed by atoms with Gasteiger partial charge in [0, 0.05) is 25.2 Å². The fourth-order valence-electron chi connectivity index (χ4n) is 3.26. The number of para-hydroxylation sites is 1. The van der Waals surface area contributed by atoms with Crippen LogP contribution in [0.2, 0.25) is 10.0 Å². The van der Waals surface area contributed by atoms with Crippen LogP contribution in [-0.2, 0) is 0 Å². The van der Waals surface area contributed by atoms with E-state index in [0.717, 1.165) is 28.8 Å². The first-order valence-corrected chi connectivity index (χ1v) is 7.37. The van der Waals surface area contributed by atoms with Gasteiger partial charge in [0.15, 0.2) is 0 Å². The summed E-state index contributed by atoms with van der Waals surface area (Å²) >= 11 is 12.7. The van der Waals surface area contributed by atoms with Gasteiger partial charge in [0.05, 0.1) is 15.7 Å². The number of nitrogens with zero attached hydrogens (tertiary/aromatic N) is 2. The van der Waals surface area contributed by atoms with Gasteiger partial charge in [-0.1, -0.05) is 29.3 Å². The average Bonchev–Trinajstić information content (AvgIpc) is 2.76. The SMILES string of the molecule is CC1CN2CCCC2CN1c1c(Cl)cccc1Cl. The van der Waals surface area contributed by atoms with Crippen molar-refractivity contribution < 1.29 is 0 Å². The van der Waals surface area contributed by atoms with Gasteiger partial charge in [0.1, 0.15) is 0 Å². The van der Waals surface area contributed by atoms with Crippen molar-refractivity contribution in [2.24, 2.45) is 0 Å². The van der Waals surface area contributed by atoms with Crippen LogP contribution in [0.1, 0.15) is 19.8 Å². The Hall–Kier alpha value is -0.440. The third-order valence-electron chi connectivity index (χ3n) is 4.16. The van der Waals surface area contributed by atoms with E-state index in [0.29, 0.717) is 12.1 Å². The largest absolute Gasteiger partial charge is 0.364 e. The Balaban J connectivity index is 1.91. The molecule has 0 aromatic heterocycles. The summed E-state index contributed by atoms with van der Waals surface area (Å²) in [7, 11) is 0. The molecule has 3 rings (SSSR count). The lowest BCUT2D eigenvalue weighted by Crippen LogP contribution is -2.55. The van der Waals surface area contributed by atoms with Crippen molar-refractivity contribution >= 4 is 28.9 Å². The molecule has 0 N–H and O–H groups in total. The fraction of sp³-hybridized carbons (Fsp3) is 0.571. The Morgan fingerprint density at radius 2 is 1.89 bits per heavy atom. The van der Waals surface area contributed by atoms with Crippen LogP contribution in [0.25, 0.3) is 0 Å². The second-order valence-corrected chi connectivity index (χ2v) is 6.18. The maximum atomic E-state index is 6.33. The molecule has 2 atom stereocenters. The minimum atomic E-state index is 0.469. The van der Waals surface area contributed by atoms with Crippen molar-refractivity contribution in [1.29, 1.82) is 0 Å². The van der Waals surface area contributed by atoms with Crippen molar-refractivity contribution in [3.8, 4) is 0 Å². The molecule has 98 valence electrons. The zero-order valence-corrected chi connectivity index (χ0v) is 12.1. The van der Waals surface area contributed by atoms with Gasteiger partial charge in [-0.3, -0.25) is 4.90 Å². The maximum Gasteiger partial charge on any atom is 0.0748 e. The molecular formula is C14H18Cl2N2. The number of hydrogen-bond donors (Lipinski definition) is 0. The van der Waals surface area contributed by atoms with Gasteiger partial charge < -0.3 is 4.90 Å². The third-order valence-corrected chi connectivity index (χ3v) is 4.77. The number of benzene rings is 1. The van der Waals surface area contributed by atoms with Gasteiger partial charge in [-0.25, -0.2) is 0 Å². The molecule has 1 aromatic rings. The molecule has 0 radical (unpaired) electrons. The average molecular weight is 285 g/mol. The molecule has 0 amide bonds. The minimum absolute atomic E-state index is 0.469. The fourth-order valence-corrected chi connectivity index (χ4v) is 3.88. The third kappa shape index (κ3) is 2.11. The van der Waals surface area contributed by atoms with Gasteiger partial charge in [0.2, 0.25) is 0 Å². The van der Waals surface area contributed by atoms with Gasteiger partial charge in [-0.15, -0.1) is 0 Å². The number of hydrogen-bond acceptors (Lipinski definition) is 2. The molecular weight excluding hydrogens is 267 g/mol. The summed E-state index contributed by atoms with van der Waals surface area (Å²) < 4.78 is 0. The van der Waals surface area contributed by atoms with Crippen LogP contribution in [0.4, 0.5) is 5.69 Å². The summed E-state index contributed by atoms with van der Waals surface area (Å²) in [5.74, 6) is 0.